The lowest BCUT2D eigenvalue weighted by atomic mass is 10.1. The molecule has 16 heteroatoms. The number of rotatable bonds is 12. The summed E-state index contributed by atoms with van der Waals surface area (Å²) in [6, 6.07) is -0.528. The number of primary sulfonamides is 1. The van der Waals surface area contributed by atoms with Gasteiger partial charge in [-0.05, 0) is 18.6 Å². The number of benzene rings is 1. The average Bonchev–Trinajstić information content (AvgIpc) is 2.68. The topological polar surface area (TPSA) is 265 Å². The van der Waals surface area contributed by atoms with Gasteiger partial charge in [-0.15, -0.1) is 11.8 Å². The summed E-state index contributed by atoms with van der Waals surface area (Å²) >= 11 is 0.626. The number of anilines is 1. The van der Waals surface area contributed by atoms with Gasteiger partial charge in [0.05, 0.1) is 15.5 Å². The summed E-state index contributed by atoms with van der Waals surface area (Å²) in [5, 5.41) is 37.1. The molecule has 0 spiro atoms. The van der Waals surface area contributed by atoms with Crippen LogP contribution in [-0.4, -0.2) is 71.9 Å². The second-order valence-corrected chi connectivity index (χ2v) is 8.96. The highest BCUT2D eigenvalue weighted by molar-refractivity contribution is 8.00. The van der Waals surface area contributed by atoms with E-state index in [1.54, 1.807) is 0 Å². The average molecular weight is 494 g/mol. The van der Waals surface area contributed by atoms with E-state index in [0.717, 1.165) is 12.1 Å². The number of nitrogens with one attached hydrogen (secondary N) is 2. The van der Waals surface area contributed by atoms with Gasteiger partial charge in [-0.25, -0.2) is 13.6 Å². The van der Waals surface area contributed by atoms with Crippen molar-refractivity contribution in [2.45, 2.75) is 34.7 Å². The van der Waals surface area contributed by atoms with Crippen LogP contribution in [0.1, 0.15) is 12.8 Å². The third-order valence-electron chi connectivity index (χ3n) is 3.89. The highest BCUT2D eigenvalue weighted by Gasteiger charge is 2.26. The number of hydrogen-bond donors (Lipinski definition) is 8. The molecule has 178 valence electrons. The molecule has 1 aromatic carbocycles. The van der Waals surface area contributed by atoms with Crippen LogP contribution in [0.2, 0.25) is 0 Å². The molecule has 14 nitrogen and oxygen atoms in total. The molecule has 1 rings (SSSR count). The summed E-state index contributed by atoms with van der Waals surface area (Å²) in [4.78, 5) is 45.2. The first-order valence-corrected chi connectivity index (χ1v) is 11.3. The molecular formula is C16H23N5O9S2. The molecule has 2 unspecified atom stereocenters. The van der Waals surface area contributed by atoms with Crippen molar-refractivity contribution >= 4 is 51.2 Å². The third kappa shape index (κ3) is 8.22. The van der Waals surface area contributed by atoms with E-state index < -0.39 is 63.0 Å². The number of nitrogen functional groups attached to an aromatic ring is 1. The van der Waals surface area contributed by atoms with Gasteiger partial charge in [0.25, 0.3) is 0 Å². The molecular weight excluding hydrogens is 470 g/mol. The van der Waals surface area contributed by atoms with Gasteiger partial charge >= 0.3 is 11.9 Å². The Morgan fingerprint density at radius 3 is 2.31 bits per heavy atom. The summed E-state index contributed by atoms with van der Waals surface area (Å²) in [6.45, 7) is -0.758. The number of aliphatic carboxylic acids is 2. The minimum absolute atomic E-state index is 0.168. The van der Waals surface area contributed by atoms with Crippen LogP contribution >= 0.6 is 11.8 Å². The lowest BCUT2D eigenvalue weighted by Gasteiger charge is -2.19. The van der Waals surface area contributed by atoms with Gasteiger partial charge in [-0.1, -0.05) is 0 Å². The van der Waals surface area contributed by atoms with Crippen molar-refractivity contribution in [2.24, 2.45) is 10.9 Å². The minimum Gasteiger partial charge on any atom is -0.505 e. The summed E-state index contributed by atoms with van der Waals surface area (Å²) in [5.74, 6) is -5.32. The maximum Gasteiger partial charge on any atom is 0.322 e. The van der Waals surface area contributed by atoms with Crippen LogP contribution in [0, 0.1) is 0 Å². The lowest BCUT2D eigenvalue weighted by Crippen LogP contribution is -2.49. The molecule has 11 N–H and O–H groups in total. The van der Waals surface area contributed by atoms with Crippen LogP contribution in [0.4, 0.5) is 5.69 Å². The third-order valence-corrected chi connectivity index (χ3v) is 6.18. The van der Waals surface area contributed by atoms with E-state index in [4.69, 9.17) is 26.8 Å². The van der Waals surface area contributed by atoms with Gasteiger partial charge < -0.3 is 37.4 Å². The van der Waals surface area contributed by atoms with Crippen molar-refractivity contribution in [2.75, 3.05) is 18.0 Å². The fourth-order valence-electron chi connectivity index (χ4n) is 2.24. The fourth-order valence-corrected chi connectivity index (χ4v) is 4.41. The van der Waals surface area contributed by atoms with Gasteiger partial charge in [0, 0.05) is 12.2 Å². The zero-order valence-electron chi connectivity index (χ0n) is 16.5. The van der Waals surface area contributed by atoms with Gasteiger partial charge in [-0.2, -0.15) is 0 Å². The Labute approximate surface area is 186 Å². The SMILES string of the molecule is Nc1ccc(S(N)(=O)=O)c(SCC(NC(=O)CCC(N)C(=O)O)C(=O)NCC(=O)O)c1O. The molecule has 0 aliphatic carbocycles. The Kier molecular flexibility index (Phi) is 9.70. The molecule has 0 fully saturated rings. The van der Waals surface area contributed by atoms with Crippen LogP contribution in [0.15, 0.2) is 21.9 Å². The number of carbonyl (C=O) groups is 4. The summed E-state index contributed by atoms with van der Waals surface area (Å²) in [6.07, 6.45) is -0.587. The second kappa shape index (κ2) is 11.5. The van der Waals surface area contributed by atoms with Crippen LogP contribution in [-0.2, 0) is 29.2 Å². The number of sulfonamides is 1. The number of carboxylic acid groups (broad SMARTS) is 2. The van der Waals surface area contributed by atoms with E-state index in [1.807, 2.05) is 0 Å². The molecule has 2 amide bonds. The number of phenolic OH excluding ortho intramolecular Hbond substituents is 1. The summed E-state index contributed by atoms with van der Waals surface area (Å²) in [5.41, 5.74) is 10.7. The molecule has 1 aromatic rings. The van der Waals surface area contributed by atoms with Crippen LogP contribution < -0.4 is 27.2 Å². The lowest BCUT2D eigenvalue weighted by molar-refractivity contribution is -0.139. The van der Waals surface area contributed by atoms with E-state index >= 15 is 0 Å². The summed E-state index contributed by atoms with van der Waals surface area (Å²) < 4.78 is 23.6. The minimum atomic E-state index is -4.28. The number of amides is 2. The Morgan fingerprint density at radius 1 is 1.16 bits per heavy atom. The van der Waals surface area contributed by atoms with Crippen LogP contribution in [0.3, 0.4) is 0 Å². The first kappa shape index (κ1) is 27.0. The molecule has 0 heterocycles. The van der Waals surface area contributed by atoms with Crippen molar-refractivity contribution in [1.82, 2.24) is 10.6 Å². The number of hydrogen-bond acceptors (Lipinski definition) is 10. The van der Waals surface area contributed by atoms with E-state index in [9.17, 15) is 32.7 Å². The van der Waals surface area contributed by atoms with Crippen molar-refractivity contribution in [3.8, 4) is 5.75 Å². The molecule has 0 aliphatic heterocycles. The van der Waals surface area contributed by atoms with Crippen LogP contribution in [0.25, 0.3) is 0 Å². The zero-order chi connectivity index (χ0) is 24.6. The molecule has 0 saturated carbocycles. The molecule has 0 bridgehead atoms. The quantitative estimate of drug-likeness (QED) is 0.0859. The first-order chi connectivity index (χ1) is 14.7. The number of nitrogens with two attached hydrogens (primary N) is 3. The highest BCUT2D eigenvalue weighted by atomic mass is 32.2. The van der Waals surface area contributed by atoms with E-state index in [1.165, 1.54) is 0 Å². The number of thioether (sulfide) groups is 1. The number of carboxylic acids is 2. The van der Waals surface area contributed by atoms with Crippen molar-refractivity contribution < 1.29 is 42.9 Å². The predicted molar refractivity (Wildman–Crippen MR) is 112 cm³/mol. The molecule has 32 heavy (non-hydrogen) atoms. The highest BCUT2D eigenvalue weighted by Crippen LogP contribution is 2.38. The fraction of sp³-hybridized carbons (Fsp3) is 0.375. The van der Waals surface area contributed by atoms with Crippen molar-refractivity contribution in [3.05, 3.63) is 12.1 Å². The van der Waals surface area contributed by atoms with Gasteiger partial charge in [0.2, 0.25) is 21.8 Å². The number of carbonyl (C=O) groups excluding carboxylic acids is 2. The standard InChI is InChI=1S/C16H23N5O9S2/c17-7-1-3-10(32(19,29)30)14(13(7)25)31-6-9(15(26)20-5-12(23)24)21-11(22)4-2-8(18)16(27)28/h1,3,8-9,25H,2,4-6,17-18H2,(H,20,26)(H,21,22)(H,23,24)(H,27,28)(H2,19,29,30). The smallest absolute Gasteiger partial charge is 0.322 e. The molecule has 2 atom stereocenters. The molecule has 0 aromatic heterocycles. The Morgan fingerprint density at radius 2 is 1.78 bits per heavy atom. The van der Waals surface area contributed by atoms with E-state index in [0.29, 0.717) is 11.8 Å². The van der Waals surface area contributed by atoms with E-state index in [2.05, 4.69) is 10.6 Å². The Bertz CT molecular complexity index is 1000. The predicted octanol–water partition coefficient (Wildman–Crippen LogP) is -2.41. The Hall–Kier alpha value is -3.08. The number of aromatic hydroxyl groups is 1. The zero-order valence-corrected chi connectivity index (χ0v) is 18.1. The molecule has 0 aliphatic rings. The largest absolute Gasteiger partial charge is 0.505 e. The van der Waals surface area contributed by atoms with Gasteiger partial charge in [0.15, 0.2) is 5.75 Å². The van der Waals surface area contributed by atoms with E-state index in [-0.39, 0.29) is 29.2 Å². The van der Waals surface area contributed by atoms with Crippen molar-refractivity contribution in [3.63, 3.8) is 0 Å². The van der Waals surface area contributed by atoms with Crippen LogP contribution in [0.5, 0.6) is 5.75 Å². The monoisotopic (exact) mass is 493 g/mol. The second-order valence-electron chi connectivity index (χ2n) is 6.40. The number of phenols is 1. The normalized spacial score (nSPS) is 13.1. The first-order valence-electron chi connectivity index (χ1n) is 8.78. The van der Waals surface area contributed by atoms with Gasteiger partial charge in [0.1, 0.15) is 18.6 Å². The Balaban J connectivity index is 3.06. The maximum atomic E-state index is 12.3. The van der Waals surface area contributed by atoms with Crippen molar-refractivity contribution in [1.29, 1.82) is 0 Å². The molecule has 0 saturated heterocycles. The summed E-state index contributed by atoms with van der Waals surface area (Å²) in [7, 11) is -4.28. The van der Waals surface area contributed by atoms with Gasteiger partial charge in [-0.3, -0.25) is 19.2 Å². The molecule has 0 radical (unpaired) electrons. The maximum absolute atomic E-state index is 12.3.